The van der Waals surface area contributed by atoms with Crippen molar-refractivity contribution >= 4 is 17.5 Å². The lowest BCUT2D eigenvalue weighted by molar-refractivity contribution is 0.100. The third kappa shape index (κ3) is 3.67. The van der Waals surface area contributed by atoms with Crippen LogP contribution in [0.5, 0.6) is 0 Å². The van der Waals surface area contributed by atoms with E-state index in [-0.39, 0.29) is 11.5 Å². The molecule has 0 radical (unpaired) electrons. The van der Waals surface area contributed by atoms with Gasteiger partial charge in [-0.15, -0.1) is 0 Å². The smallest absolute Gasteiger partial charge is 0.255 e. The van der Waals surface area contributed by atoms with Gasteiger partial charge in [0.25, 0.3) is 11.8 Å². The van der Waals surface area contributed by atoms with Crippen LogP contribution >= 0.6 is 0 Å². The van der Waals surface area contributed by atoms with Gasteiger partial charge in [-0.3, -0.25) is 9.59 Å². The molecule has 2 aromatic carbocycles. The lowest BCUT2D eigenvalue weighted by atomic mass is 10.1. The monoisotopic (exact) mass is 284 g/mol. The molecule has 0 fully saturated rings. The molecule has 2 amide bonds. The molecule has 0 aliphatic heterocycles. The van der Waals surface area contributed by atoms with Crippen LogP contribution < -0.4 is 11.1 Å². The lowest BCUT2D eigenvalue weighted by Gasteiger charge is -2.09. The highest BCUT2D eigenvalue weighted by Gasteiger charge is 2.11. The maximum Gasteiger partial charge on any atom is 0.255 e. The summed E-state index contributed by atoms with van der Waals surface area (Å²) in [5, 5.41) is 2.69. The number of carbonyl (C=O) groups excluding carboxylic acids is 2. The second kappa shape index (κ2) is 6.67. The topological polar surface area (TPSA) is 81.4 Å². The predicted octanol–water partition coefficient (Wildman–Crippen LogP) is 2.18. The van der Waals surface area contributed by atoms with Gasteiger partial charge >= 0.3 is 0 Å². The van der Waals surface area contributed by atoms with Crippen LogP contribution in [0.1, 0.15) is 26.3 Å². The summed E-state index contributed by atoms with van der Waals surface area (Å²) in [4.78, 5) is 23.5. The second-order valence-electron chi connectivity index (χ2n) is 4.49. The van der Waals surface area contributed by atoms with Gasteiger partial charge in [0.2, 0.25) is 0 Å². The van der Waals surface area contributed by atoms with E-state index in [9.17, 15) is 9.59 Å². The second-order valence-corrected chi connectivity index (χ2v) is 4.49. The molecule has 0 atom stereocenters. The van der Waals surface area contributed by atoms with Crippen LogP contribution in [0.3, 0.4) is 0 Å². The minimum absolute atomic E-state index is 0.279. The highest BCUT2D eigenvalue weighted by molar-refractivity contribution is 6.08. The number of para-hydroxylation sites is 1. The van der Waals surface area contributed by atoms with E-state index in [4.69, 9.17) is 10.5 Å². The molecule has 0 saturated carbocycles. The van der Waals surface area contributed by atoms with Gasteiger partial charge in [-0.1, -0.05) is 24.3 Å². The number of hydrogen-bond donors (Lipinski definition) is 2. The number of nitrogens with two attached hydrogens (primary N) is 1. The Labute approximate surface area is 122 Å². The van der Waals surface area contributed by atoms with Crippen LogP contribution in [0.2, 0.25) is 0 Å². The van der Waals surface area contributed by atoms with Crippen molar-refractivity contribution in [3.8, 4) is 0 Å². The van der Waals surface area contributed by atoms with Crippen LogP contribution in [0, 0.1) is 0 Å². The molecule has 2 rings (SSSR count). The lowest BCUT2D eigenvalue weighted by Crippen LogP contribution is -2.18. The molecule has 3 N–H and O–H groups in total. The first-order valence-electron chi connectivity index (χ1n) is 6.40. The van der Waals surface area contributed by atoms with Crippen LogP contribution in [-0.4, -0.2) is 18.9 Å². The van der Waals surface area contributed by atoms with Crippen LogP contribution in [0.4, 0.5) is 5.69 Å². The summed E-state index contributed by atoms with van der Waals surface area (Å²) in [7, 11) is 1.61. The minimum atomic E-state index is -0.582. The molecule has 0 aliphatic carbocycles. The van der Waals surface area contributed by atoms with E-state index in [0.717, 1.165) is 5.56 Å². The summed E-state index contributed by atoms with van der Waals surface area (Å²) in [6, 6.07) is 13.7. The van der Waals surface area contributed by atoms with Crippen LogP contribution in [-0.2, 0) is 11.3 Å². The quantitative estimate of drug-likeness (QED) is 0.883. The number of rotatable bonds is 5. The fourth-order valence-electron chi connectivity index (χ4n) is 1.92. The van der Waals surface area contributed by atoms with E-state index in [1.54, 1.807) is 43.5 Å². The molecule has 5 nitrogen and oxygen atoms in total. The standard InChI is InChI=1S/C16H16N2O3/c1-21-10-11-6-8-12(9-7-11)16(20)18-14-5-3-2-4-13(14)15(17)19/h2-9H,10H2,1H3,(H2,17,19)(H,18,20). The SMILES string of the molecule is COCc1ccc(C(=O)Nc2ccccc2C(N)=O)cc1. The summed E-state index contributed by atoms with van der Waals surface area (Å²) >= 11 is 0. The Morgan fingerprint density at radius 3 is 2.38 bits per heavy atom. The molecular weight excluding hydrogens is 268 g/mol. The van der Waals surface area contributed by atoms with Gasteiger partial charge in [0, 0.05) is 12.7 Å². The van der Waals surface area contributed by atoms with Gasteiger partial charge in [-0.05, 0) is 29.8 Å². The third-order valence-electron chi connectivity index (χ3n) is 2.97. The van der Waals surface area contributed by atoms with Gasteiger partial charge in [0.05, 0.1) is 17.9 Å². The van der Waals surface area contributed by atoms with Gasteiger partial charge in [0.1, 0.15) is 0 Å². The van der Waals surface area contributed by atoms with Gasteiger partial charge in [-0.2, -0.15) is 0 Å². The van der Waals surface area contributed by atoms with E-state index in [2.05, 4.69) is 5.32 Å². The number of benzene rings is 2. The van der Waals surface area contributed by atoms with Crippen LogP contribution in [0.25, 0.3) is 0 Å². The maximum atomic E-state index is 12.2. The normalized spacial score (nSPS) is 10.1. The fraction of sp³-hybridized carbons (Fsp3) is 0.125. The van der Waals surface area contributed by atoms with Gasteiger partial charge in [-0.25, -0.2) is 0 Å². The first-order valence-corrected chi connectivity index (χ1v) is 6.40. The predicted molar refractivity (Wildman–Crippen MR) is 80.1 cm³/mol. The first kappa shape index (κ1) is 14.7. The average molecular weight is 284 g/mol. The van der Waals surface area contributed by atoms with Crippen molar-refractivity contribution < 1.29 is 14.3 Å². The molecule has 0 heterocycles. The van der Waals surface area contributed by atoms with Gasteiger partial charge in [0.15, 0.2) is 0 Å². The van der Waals surface area contributed by atoms with Crippen LogP contribution in [0.15, 0.2) is 48.5 Å². The summed E-state index contributed by atoms with van der Waals surface area (Å²) in [5.74, 6) is -0.881. The zero-order chi connectivity index (χ0) is 15.2. The van der Waals surface area contributed by atoms with Gasteiger partial charge < -0.3 is 15.8 Å². The molecule has 0 saturated heterocycles. The summed E-state index contributed by atoms with van der Waals surface area (Å²) in [6.07, 6.45) is 0. The number of carbonyl (C=O) groups is 2. The summed E-state index contributed by atoms with van der Waals surface area (Å²) in [5.41, 5.74) is 7.43. The summed E-state index contributed by atoms with van der Waals surface area (Å²) in [6.45, 7) is 0.492. The minimum Gasteiger partial charge on any atom is -0.380 e. The fourth-order valence-corrected chi connectivity index (χ4v) is 1.92. The Bertz CT molecular complexity index is 651. The third-order valence-corrected chi connectivity index (χ3v) is 2.97. The van der Waals surface area contributed by atoms with Crippen molar-refractivity contribution in [2.75, 3.05) is 12.4 Å². The number of hydrogen-bond acceptors (Lipinski definition) is 3. The number of ether oxygens (including phenoxy) is 1. The zero-order valence-corrected chi connectivity index (χ0v) is 11.6. The van der Waals surface area contributed by atoms with Crippen molar-refractivity contribution in [2.24, 2.45) is 5.73 Å². The van der Waals surface area contributed by atoms with E-state index < -0.39 is 5.91 Å². The first-order chi connectivity index (χ1) is 10.1. The molecule has 0 aliphatic rings. The average Bonchev–Trinajstić information content (AvgIpc) is 2.48. The van der Waals surface area contributed by atoms with Crippen molar-refractivity contribution in [1.82, 2.24) is 0 Å². The van der Waals surface area contributed by atoms with E-state index >= 15 is 0 Å². The summed E-state index contributed by atoms with van der Waals surface area (Å²) < 4.78 is 5.01. The molecule has 5 heteroatoms. The van der Waals surface area contributed by atoms with Crippen molar-refractivity contribution in [3.63, 3.8) is 0 Å². The molecular formula is C16H16N2O3. The largest absolute Gasteiger partial charge is 0.380 e. The molecule has 0 spiro atoms. The highest BCUT2D eigenvalue weighted by atomic mass is 16.5. The molecule has 0 bridgehead atoms. The Balaban J connectivity index is 2.16. The number of amides is 2. The van der Waals surface area contributed by atoms with E-state index in [0.29, 0.717) is 17.9 Å². The van der Waals surface area contributed by atoms with Crippen molar-refractivity contribution in [2.45, 2.75) is 6.61 Å². The molecule has 21 heavy (non-hydrogen) atoms. The molecule has 108 valence electrons. The number of methoxy groups -OCH3 is 1. The number of anilines is 1. The number of primary amides is 1. The Hall–Kier alpha value is -2.66. The molecule has 0 aromatic heterocycles. The van der Waals surface area contributed by atoms with Crippen molar-refractivity contribution in [1.29, 1.82) is 0 Å². The molecule has 0 unspecified atom stereocenters. The highest BCUT2D eigenvalue weighted by Crippen LogP contribution is 2.16. The van der Waals surface area contributed by atoms with Crippen molar-refractivity contribution in [3.05, 3.63) is 65.2 Å². The molecule has 2 aromatic rings. The van der Waals surface area contributed by atoms with E-state index in [1.165, 1.54) is 0 Å². The maximum absolute atomic E-state index is 12.2. The Morgan fingerprint density at radius 2 is 1.76 bits per heavy atom. The zero-order valence-electron chi connectivity index (χ0n) is 11.6. The Morgan fingerprint density at radius 1 is 1.10 bits per heavy atom. The number of nitrogens with one attached hydrogen (secondary N) is 1. The Kier molecular flexibility index (Phi) is 4.68. The van der Waals surface area contributed by atoms with E-state index in [1.807, 2.05) is 12.1 Å².